The molecule has 0 aliphatic rings. The van der Waals surface area contributed by atoms with Crippen LogP contribution in [-0.4, -0.2) is 0 Å². The van der Waals surface area contributed by atoms with Crippen molar-refractivity contribution in [2.45, 2.75) is 0 Å². The van der Waals surface area contributed by atoms with Crippen molar-refractivity contribution in [3.63, 3.8) is 0 Å². The van der Waals surface area contributed by atoms with E-state index in [-0.39, 0.29) is 98.4 Å². The Morgan fingerprint density at radius 3 is 1.68 bits per heavy atom. The number of hydrogen-bond acceptors (Lipinski definition) is 1. The lowest BCUT2D eigenvalue weighted by Crippen LogP contribution is -1.92. The molecule has 0 radical (unpaired) electrons. The molecule has 0 fully saturated rings. The van der Waals surface area contributed by atoms with Crippen LogP contribution in [0.3, 0.4) is 0 Å². The van der Waals surface area contributed by atoms with E-state index in [4.69, 9.17) is 25.0 Å². The number of para-hydroxylation sites is 2. The van der Waals surface area contributed by atoms with E-state index in [2.05, 4.69) is 0 Å². The van der Waals surface area contributed by atoms with Gasteiger partial charge in [0.2, 0.25) is 0 Å². The van der Waals surface area contributed by atoms with E-state index in [1.807, 2.05) is 0 Å². The predicted molar refractivity (Wildman–Crippen MR) is 200 cm³/mol. The molecule has 0 spiro atoms. The fourth-order valence-corrected chi connectivity index (χ4v) is 6.22. The van der Waals surface area contributed by atoms with Gasteiger partial charge in [0.1, 0.15) is 11.2 Å². The highest BCUT2D eigenvalue weighted by Crippen LogP contribution is 2.46. The van der Waals surface area contributed by atoms with Crippen molar-refractivity contribution < 1.29 is 33.2 Å². The van der Waals surface area contributed by atoms with E-state index in [0.717, 1.165) is 0 Å². The van der Waals surface area contributed by atoms with Gasteiger partial charge in [0.15, 0.2) is 0 Å². The lowest BCUT2D eigenvalue weighted by atomic mass is 9.84. The largest absolute Gasteiger partial charge is 0.455 e. The number of fused-ring (bicyclic) bond motifs is 7. The van der Waals surface area contributed by atoms with E-state index >= 15 is 0 Å². The van der Waals surface area contributed by atoms with Crippen LogP contribution in [0.25, 0.3) is 98.4 Å². The summed E-state index contributed by atoms with van der Waals surface area (Å²) >= 11 is 0. The summed E-state index contributed by atoms with van der Waals surface area (Å²) in [6.45, 7) is 0. The normalized spacial score (nSPS) is 18.1. The quantitative estimate of drug-likeness (QED) is 0.180. The summed E-state index contributed by atoms with van der Waals surface area (Å²) in [7, 11) is 0. The van der Waals surface area contributed by atoms with Crippen LogP contribution < -0.4 is 0 Å². The fourth-order valence-electron chi connectivity index (χ4n) is 6.22. The van der Waals surface area contributed by atoms with Gasteiger partial charge in [-0.3, -0.25) is 0 Å². The molecule has 0 aliphatic heterocycles. The topological polar surface area (TPSA) is 13.1 Å². The van der Waals surface area contributed by atoms with Crippen molar-refractivity contribution in [1.29, 1.82) is 0 Å². The van der Waals surface area contributed by atoms with Crippen LogP contribution in [0.4, 0.5) is 0 Å². The maximum Gasteiger partial charge on any atom is 0.143 e. The highest BCUT2D eigenvalue weighted by Gasteiger charge is 2.19. The average molecular weight is 618 g/mol. The Bertz CT molecular complexity index is 4040. The molecule has 10 rings (SSSR count). The minimum Gasteiger partial charge on any atom is -0.455 e. The molecule has 0 saturated carbocycles. The van der Waals surface area contributed by atoms with Crippen molar-refractivity contribution in [2.75, 3.05) is 0 Å². The zero-order valence-electron chi connectivity index (χ0n) is 44.9. The molecule has 0 bridgehead atoms. The van der Waals surface area contributed by atoms with Crippen molar-refractivity contribution in [3.8, 4) is 33.4 Å². The molecule has 0 aliphatic carbocycles. The first-order valence-electron chi connectivity index (χ1n) is 25.0. The third-order valence-corrected chi connectivity index (χ3v) is 8.25. The number of benzene rings is 9. The van der Waals surface area contributed by atoms with Crippen LogP contribution in [0.15, 0.2) is 174 Å². The number of rotatable bonds is 3. The third kappa shape index (κ3) is 4.03. The van der Waals surface area contributed by atoms with Crippen LogP contribution in [0.1, 0.15) is 28.8 Å². The Hall–Kier alpha value is -6.18. The summed E-state index contributed by atoms with van der Waals surface area (Å²) in [6.07, 6.45) is 0. The third-order valence-electron chi connectivity index (χ3n) is 8.25. The van der Waals surface area contributed by atoms with Gasteiger partial charge in [0.25, 0.3) is 0 Å². The maximum atomic E-state index is 9.64. The first-order valence-corrected chi connectivity index (χ1v) is 14.5. The SMILES string of the molecule is [2H]c1c([2H])c([2H])c2c(oc3c(-c4ccc5c(-c6c([2H])c([2H])c7c([2H])c([2H])c([2H])c([2H])c7c6[2H])c6ccccc6c(-c6c([2H])c([2H])c7c([2H])c([2H])c([2H])c([2H])c7c6[2H])c5c4)c([2H])c([2H])c([2H])c32)c1[2H]. The summed E-state index contributed by atoms with van der Waals surface area (Å²) < 4.78 is 192. The Kier molecular flexibility index (Phi) is 2.79. The fraction of sp³-hybridized carbons (Fsp3) is 0. The summed E-state index contributed by atoms with van der Waals surface area (Å²) in [5.74, 6) is 0. The van der Waals surface area contributed by atoms with E-state index in [1.165, 1.54) is 18.2 Å². The second kappa shape index (κ2) is 10.2. The molecular weight excluding hydrogens is 569 g/mol. The maximum absolute atomic E-state index is 9.64. The summed E-state index contributed by atoms with van der Waals surface area (Å²) in [5.41, 5.74) is -1.08. The summed E-state index contributed by atoms with van der Waals surface area (Å²) in [6, 6.07) is -2.16. The molecular formula is C46H28O. The van der Waals surface area contributed by atoms with Crippen molar-refractivity contribution in [3.05, 3.63) is 169 Å². The minimum absolute atomic E-state index is 0.0287. The van der Waals surface area contributed by atoms with Gasteiger partial charge >= 0.3 is 0 Å². The zero-order valence-corrected chi connectivity index (χ0v) is 23.9. The van der Waals surface area contributed by atoms with Gasteiger partial charge in [-0.1, -0.05) is 145 Å². The Morgan fingerprint density at radius 2 is 0.979 bits per heavy atom. The van der Waals surface area contributed by atoms with Gasteiger partial charge < -0.3 is 4.42 Å². The molecule has 10 aromatic rings. The van der Waals surface area contributed by atoms with Crippen LogP contribution >= 0.6 is 0 Å². The predicted octanol–water partition coefficient (Wildman–Crippen LogP) is 13.2. The zero-order chi connectivity index (χ0) is 49.2. The standard InChI is InChI=1S/C46H28O/c1-3-12-31-26-34(22-20-29(31)10-1)44-38-15-5-6-16-39(38)45(35-23-21-30-11-2-4-13-32(30)27-35)42-28-33(24-25-40(42)44)36-17-9-18-41-37-14-7-8-19-43(37)47-46(36)41/h1-28H/i1D,2D,3D,4D,7D,8D,9D,10D,11D,12D,13D,14D,17D,18D,19D,20D,21D,22D,23D,26D,27D. The van der Waals surface area contributed by atoms with Gasteiger partial charge in [-0.15, -0.1) is 0 Å². The van der Waals surface area contributed by atoms with E-state index in [1.54, 1.807) is 24.3 Å². The van der Waals surface area contributed by atoms with Gasteiger partial charge in [-0.25, -0.2) is 0 Å². The molecule has 0 unspecified atom stereocenters. The van der Waals surface area contributed by atoms with Crippen molar-refractivity contribution >= 4 is 65.0 Å². The van der Waals surface area contributed by atoms with Gasteiger partial charge in [0.05, 0.1) is 28.8 Å². The van der Waals surface area contributed by atoms with Crippen LogP contribution in [0.5, 0.6) is 0 Å². The molecule has 0 saturated heterocycles. The van der Waals surface area contributed by atoms with Crippen molar-refractivity contribution in [2.24, 2.45) is 0 Å². The lowest BCUT2D eigenvalue weighted by molar-refractivity contribution is 0.670. The Balaban J connectivity index is 1.46. The van der Waals surface area contributed by atoms with Crippen LogP contribution in [0, 0.1) is 0 Å². The van der Waals surface area contributed by atoms with Gasteiger partial charge in [0, 0.05) is 16.3 Å². The summed E-state index contributed by atoms with van der Waals surface area (Å²) in [4.78, 5) is 0. The molecule has 0 atom stereocenters. The van der Waals surface area contributed by atoms with Gasteiger partial charge in [-0.05, 0) is 95.1 Å². The highest BCUT2D eigenvalue weighted by molar-refractivity contribution is 6.23. The molecule has 218 valence electrons. The van der Waals surface area contributed by atoms with E-state index < -0.39 is 127 Å². The summed E-state index contributed by atoms with van der Waals surface area (Å²) in [5, 5.41) is -1.19. The first kappa shape index (κ1) is 12.9. The molecule has 1 aromatic heterocycles. The number of furan rings is 1. The highest BCUT2D eigenvalue weighted by atomic mass is 16.3. The molecule has 0 amide bonds. The first-order chi connectivity index (χ1) is 32.1. The lowest BCUT2D eigenvalue weighted by Gasteiger charge is -2.19. The molecule has 0 N–H and O–H groups in total. The molecule has 1 nitrogen and oxygen atoms in total. The monoisotopic (exact) mass is 617 g/mol. The minimum atomic E-state index is -0.693. The molecule has 1 heterocycles. The molecule has 9 aromatic carbocycles. The number of hydrogen-bond donors (Lipinski definition) is 0. The second-order valence-corrected chi connectivity index (χ2v) is 10.8. The van der Waals surface area contributed by atoms with Crippen LogP contribution in [-0.2, 0) is 0 Å². The van der Waals surface area contributed by atoms with Crippen molar-refractivity contribution in [1.82, 2.24) is 0 Å². The Morgan fingerprint density at radius 1 is 0.404 bits per heavy atom. The molecule has 1 heteroatoms. The smallest absolute Gasteiger partial charge is 0.143 e. The van der Waals surface area contributed by atoms with Crippen LogP contribution in [0.2, 0.25) is 0 Å². The average Bonchev–Trinajstić information content (AvgIpc) is 3.72. The van der Waals surface area contributed by atoms with E-state index in [0.29, 0.717) is 0 Å². The van der Waals surface area contributed by atoms with E-state index in [9.17, 15) is 8.22 Å². The molecule has 47 heavy (non-hydrogen) atoms. The Labute approximate surface area is 301 Å². The van der Waals surface area contributed by atoms with Gasteiger partial charge in [-0.2, -0.15) is 0 Å². The second-order valence-electron chi connectivity index (χ2n) is 10.8.